The van der Waals surface area contributed by atoms with E-state index in [1.165, 1.54) is 6.20 Å². The SMILES string of the molecule is COc1ccc(C2Oc3cc(OCc4ccccc4)cnc3C(=O)C2O)cc1. The van der Waals surface area contributed by atoms with Gasteiger partial charge in [-0.25, -0.2) is 4.98 Å². The van der Waals surface area contributed by atoms with Gasteiger partial charge in [-0.1, -0.05) is 42.5 Å². The zero-order valence-corrected chi connectivity index (χ0v) is 15.2. The first-order valence-electron chi connectivity index (χ1n) is 8.85. The molecule has 0 spiro atoms. The number of rotatable bonds is 5. The summed E-state index contributed by atoms with van der Waals surface area (Å²) in [5.41, 5.74) is 1.79. The van der Waals surface area contributed by atoms with Crippen molar-refractivity contribution >= 4 is 5.78 Å². The lowest BCUT2D eigenvalue weighted by molar-refractivity contribution is 0.0205. The molecule has 1 aromatic heterocycles. The molecule has 4 rings (SSSR count). The molecular weight excluding hydrogens is 358 g/mol. The first-order valence-corrected chi connectivity index (χ1v) is 8.85. The highest BCUT2D eigenvalue weighted by atomic mass is 16.5. The van der Waals surface area contributed by atoms with Gasteiger partial charge in [0.15, 0.2) is 23.7 Å². The lowest BCUT2D eigenvalue weighted by Gasteiger charge is -2.29. The molecule has 2 aromatic carbocycles. The van der Waals surface area contributed by atoms with E-state index in [-0.39, 0.29) is 5.69 Å². The van der Waals surface area contributed by atoms with Gasteiger partial charge in [0, 0.05) is 6.07 Å². The van der Waals surface area contributed by atoms with Crippen LogP contribution in [0.15, 0.2) is 66.9 Å². The number of methoxy groups -OCH3 is 1. The zero-order chi connectivity index (χ0) is 19.5. The maximum Gasteiger partial charge on any atom is 0.217 e. The molecule has 6 nitrogen and oxygen atoms in total. The second-order valence-electron chi connectivity index (χ2n) is 6.41. The molecular formula is C22H19NO5. The Kier molecular flexibility index (Phi) is 4.95. The van der Waals surface area contributed by atoms with Gasteiger partial charge in [0.2, 0.25) is 5.78 Å². The van der Waals surface area contributed by atoms with Crippen LogP contribution in [0, 0.1) is 0 Å². The first-order chi connectivity index (χ1) is 13.7. The number of aliphatic hydroxyl groups excluding tert-OH is 1. The summed E-state index contributed by atoms with van der Waals surface area (Å²) < 4.78 is 16.8. The van der Waals surface area contributed by atoms with Crippen molar-refractivity contribution in [2.24, 2.45) is 0 Å². The minimum absolute atomic E-state index is 0.101. The van der Waals surface area contributed by atoms with E-state index in [2.05, 4.69) is 4.98 Å². The smallest absolute Gasteiger partial charge is 0.217 e. The zero-order valence-electron chi connectivity index (χ0n) is 15.2. The molecule has 0 fully saturated rings. The molecule has 28 heavy (non-hydrogen) atoms. The Labute approximate surface area is 162 Å². The molecule has 0 saturated carbocycles. The molecule has 0 saturated heterocycles. The highest BCUT2D eigenvalue weighted by Crippen LogP contribution is 2.36. The molecule has 1 N–H and O–H groups in total. The number of aliphatic hydroxyl groups is 1. The summed E-state index contributed by atoms with van der Waals surface area (Å²) in [6, 6.07) is 18.4. The van der Waals surface area contributed by atoms with Gasteiger partial charge in [0.1, 0.15) is 18.1 Å². The third-order valence-corrected chi connectivity index (χ3v) is 4.56. The molecule has 3 aromatic rings. The average molecular weight is 377 g/mol. The minimum atomic E-state index is -1.33. The van der Waals surface area contributed by atoms with Crippen LogP contribution in [0.5, 0.6) is 17.2 Å². The van der Waals surface area contributed by atoms with Crippen LogP contribution in [-0.4, -0.2) is 29.1 Å². The molecule has 2 atom stereocenters. The van der Waals surface area contributed by atoms with E-state index in [4.69, 9.17) is 14.2 Å². The maximum absolute atomic E-state index is 12.6. The number of hydrogen-bond acceptors (Lipinski definition) is 6. The molecule has 1 aliphatic rings. The van der Waals surface area contributed by atoms with Gasteiger partial charge in [-0.2, -0.15) is 0 Å². The number of aromatic nitrogens is 1. The van der Waals surface area contributed by atoms with E-state index in [0.717, 1.165) is 5.56 Å². The Hall–Kier alpha value is -3.38. The molecule has 1 aliphatic heterocycles. The Morgan fingerprint density at radius 3 is 2.54 bits per heavy atom. The van der Waals surface area contributed by atoms with Crippen LogP contribution >= 0.6 is 0 Å². The summed E-state index contributed by atoms with van der Waals surface area (Å²) >= 11 is 0. The van der Waals surface area contributed by atoms with E-state index in [9.17, 15) is 9.90 Å². The Bertz CT molecular complexity index is 972. The average Bonchev–Trinajstić information content (AvgIpc) is 2.75. The van der Waals surface area contributed by atoms with Crippen LogP contribution in [0.25, 0.3) is 0 Å². The number of carbonyl (C=O) groups is 1. The van der Waals surface area contributed by atoms with E-state index in [1.54, 1.807) is 37.4 Å². The summed E-state index contributed by atoms with van der Waals surface area (Å²) in [6.45, 7) is 0.375. The lowest BCUT2D eigenvalue weighted by atomic mass is 9.96. The number of nitrogens with zero attached hydrogens (tertiary/aromatic N) is 1. The van der Waals surface area contributed by atoms with E-state index < -0.39 is 18.0 Å². The summed E-state index contributed by atoms with van der Waals surface area (Å²) in [4.78, 5) is 16.7. The van der Waals surface area contributed by atoms with Crippen LogP contribution in [0.2, 0.25) is 0 Å². The Morgan fingerprint density at radius 1 is 1.07 bits per heavy atom. The van der Waals surface area contributed by atoms with Gasteiger partial charge in [0.25, 0.3) is 0 Å². The quantitative estimate of drug-likeness (QED) is 0.735. The van der Waals surface area contributed by atoms with E-state index in [1.807, 2.05) is 30.3 Å². The number of carbonyl (C=O) groups excluding carboxylic acids is 1. The highest BCUT2D eigenvalue weighted by Gasteiger charge is 2.38. The summed E-state index contributed by atoms with van der Waals surface area (Å²) in [5, 5.41) is 10.4. The van der Waals surface area contributed by atoms with Crippen molar-refractivity contribution in [2.75, 3.05) is 7.11 Å². The summed E-state index contributed by atoms with van der Waals surface area (Å²) in [6.07, 6.45) is -0.690. The lowest BCUT2D eigenvalue weighted by Crippen LogP contribution is -2.36. The molecule has 0 radical (unpaired) electrons. The number of ketones is 1. The van der Waals surface area contributed by atoms with Crippen molar-refractivity contribution < 1.29 is 24.1 Å². The van der Waals surface area contributed by atoms with Crippen LogP contribution in [-0.2, 0) is 6.61 Å². The van der Waals surface area contributed by atoms with Gasteiger partial charge in [-0.3, -0.25) is 4.79 Å². The van der Waals surface area contributed by atoms with Crippen molar-refractivity contribution in [1.82, 2.24) is 4.98 Å². The van der Waals surface area contributed by atoms with Gasteiger partial charge < -0.3 is 19.3 Å². The monoisotopic (exact) mass is 377 g/mol. The number of ether oxygens (including phenoxy) is 3. The fourth-order valence-corrected chi connectivity index (χ4v) is 3.04. The Morgan fingerprint density at radius 2 is 1.82 bits per heavy atom. The minimum Gasteiger partial charge on any atom is -0.497 e. The molecule has 0 aliphatic carbocycles. The van der Waals surface area contributed by atoms with E-state index >= 15 is 0 Å². The maximum atomic E-state index is 12.6. The van der Waals surface area contributed by atoms with E-state index in [0.29, 0.717) is 29.4 Å². The Balaban J connectivity index is 1.56. The fourth-order valence-electron chi connectivity index (χ4n) is 3.04. The molecule has 0 amide bonds. The molecule has 0 bridgehead atoms. The topological polar surface area (TPSA) is 77.9 Å². The molecule has 142 valence electrons. The van der Waals surface area contributed by atoms with Gasteiger partial charge in [0.05, 0.1) is 13.3 Å². The summed E-state index contributed by atoms with van der Waals surface area (Å²) in [5.74, 6) is 0.984. The van der Waals surface area contributed by atoms with Crippen LogP contribution in [0.4, 0.5) is 0 Å². The van der Waals surface area contributed by atoms with Gasteiger partial charge in [-0.15, -0.1) is 0 Å². The van der Waals surface area contributed by atoms with Crippen molar-refractivity contribution in [3.63, 3.8) is 0 Å². The predicted molar refractivity (Wildman–Crippen MR) is 102 cm³/mol. The molecule has 6 heteroatoms. The number of hydrogen-bond donors (Lipinski definition) is 1. The van der Waals surface area contributed by atoms with Crippen LogP contribution in [0.3, 0.4) is 0 Å². The number of Topliss-reactive ketones (excluding diaryl/α,β-unsaturated/α-hetero) is 1. The molecule has 2 unspecified atom stereocenters. The van der Waals surface area contributed by atoms with Gasteiger partial charge >= 0.3 is 0 Å². The third kappa shape index (κ3) is 3.54. The van der Waals surface area contributed by atoms with Crippen molar-refractivity contribution in [3.8, 4) is 17.2 Å². The normalized spacial score (nSPS) is 18.1. The number of pyridine rings is 1. The predicted octanol–water partition coefficient (Wildman–Crippen LogP) is 3.35. The van der Waals surface area contributed by atoms with Gasteiger partial charge in [-0.05, 0) is 23.3 Å². The summed E-state index contributed by atoms with van der Waals surface area (Å²) in [7, 11) is 1.57. The number of benzene rings is 2. The van der Waals surface area contributed by atoms with Crippen molar-refractivity contribution in [2.45, 2.75) is 18.8 Å². The largest absolute Gasteiger partial charge is 0.497 e. The highest BCUT2D eigenvalue weighted by molar-refractivity contribution is 6.01. The second-order valence-corrected chi connectivity index (χ2v) is 6.41. The first kappa shape index (κ1) is 18.0. The number of fused-ring (bicyclic) bond motifs is 1. The third-order valence-electron chi connectivity index (χ3n) is 4.56. The second kappa shape index (κ2) is 7.70. The standard InChI is InChI=1S/C22H19NO5/c1-26-16-9-7-15(8-10-16)22-21(25)20(24)19-18(28-22)11-17(12-23-19)27-13-14-5-3-2-4-6-14/h2-12,21-22,25H,13H2,1H3. The molecule has 2 heterocycles. The van der Waals surface area contributed by atoms with Crippen molar-refractivity contribution in [3.05, 3.63) is 83.7 Å². The van der Waals surface area contributed by atoms with Crippen molar-refractivity contribution in [1.29, 1.82) is 0 Å². The van der Waals surface area contributed by atoms with Crippen LogP contribution in [0.1, 0.15) is 27.7 Å². The fraction of sp³-hybridized carbons (Fsp3) is 0.182. The van der Waals surface area contributed by atoms with Crippen LogP contribution < -0.4 is 14.2 Å².